The lowest BCUT2D eigenvalue weighted by atomic mass is 10.1. The molecule has 1 aromatic rings. The summed E-state index contributed by atoms with van der Waals surface area (Å²) < 4.78 is 0. The molecular formula is C9H10N2O3. The number of β-amino-alcohol motifs (C(OH)–C–C–N with tert-alkyl or cyclic N) is 1. The standard InChI is InChI=1S/C9H10N2O3/c12-6-4-11(5-6)8-1-2-10-3-7(8)9(13)14/h1-3,6,12H,4-5H2,(H,13,14). The van der Waals surface area contributed by atoms with Crippen LogP contribution >= 0.6 is 0 Å². The van der Waals surface area contributed by atoms with Gasteiger partial charge in [-0.15, -0.1) is 0 Å². The number of carboxylic acids is 1. The fourth-order valence-electron chi connectivity index (χ4n) is 1.48. The smallest absolute Gasteiger partial charge is 0.339 e. The van der Waals surface area contributed by atoms with E-state index in [-0.39, 0.29) is 11.7 Å². The third-order valence-corrected chi connectivity index (χ3v) is 2.23. The monoisotopic (exact) mass is 194 g/mol. The molecule has 14 heavy (non-hydrogen) atoms. The Balaban J connectivity index is 2.28. The highest BCUT2D eigenvalue weighted by atomic mass is 16.4. The molecular weight excluding hydrogens is 184 g/mol. The molecule has 5 heteroatoms. The van der Waals surface area contributed by atoms with Crippen LogP contribution in [0.15, 0.2) is 18.5 Å². The van der Waals surface area contributed by atoms with Gasteiger partial charge in [-0.25, -0.2) is 4.79 Å². The molecule has 1 aliphatic heterocycles. The van der Waals surface area contributed by atoms with Crippen LogP contribution in [-0.4, -0.2) is 40.4 Å². The van der Waals surface area contributed by atoms with Gasteiger partial charge in [-0.2, -0.15) is 0 Å². The Morgan fingerprint density at radius 1 is 1.57 bits per heavy atom. The van der Waals surface area contributed by atoms with Crippen LogP contribution < -0.4 is 4.90 Å². The number of aliphatic hydroxyl groups is 1. The topological polar surface area (TPSA) is 73.7 Å². The Kier molecular flexibility index (Phi) is 2.09. The van der Waals surface area contributed by atoms with E-state index >= 15 is 0 Å². The van der Waals surface area contributed by atoms with Crippen molar-refractivity contribution in [2.24, 2.45) is 0 Å². The van der Waals surface area contributed by atoms with Gasteiger partial charge >= 0.3 is 5.97 Å². The molecule has 5 nitrogen and oxygen atoms in total. The van der Waals surface area contributed by atoms with Crippen molar-refractivity contribution in [1.29, 1.82) is 0 Å². The molecule has 74 valence electrons. The van der Waals surface area contributed by atoms with Gasteiger partial charge in [-0.1, -0.05) is 0 Å². The zero-order chi connectivity index (χ0) is 10.1. The summed E-state index contributed by atoms with van der Waals surface area (Å²) in [5.41, 5.74) is 0.803. The van der Waals surface area contributed by atoms with E-state index in [1.807, 2.05) is 4.90 Å². The fraction of sp³-hybridized carbons (Fsp3) is 0.333. The minimum Gasteiger partial charge on any atom is -0.478 e. The van der Waals surface area contributed by atoms with Crippen molar-refractivity contribution in [2.45, 2.75) is 6.10 Å². The summed E-state index contributed by atoms with van der Waals surface area (Å²) in [5, 5.41) is 18.0. The maximum atomic E-state index is 10.8. The van der Waals surface area contributed by atoms with E-state index in [1.54, 1.807) is 12.3 Å². The van der Waals surface area contributed by atoms with Crippen molar-refractivity contribution in [3.8, 4) is 0 Å². The molecule has 0 spiro atoms. The number of aromatic carboxylic acids is 1. The van der Waals surface area contributed by atoms with Crippen LogP contribution in [0.5, 0.6) is 0 Å². The lowest BCUT2D eigenvalue weighted by molar-refractivity contribution is 0.0695. The number of pyridine rings is 1. The van der Waals surface area contributed by atoms with Crippen molar-refractivity contribution < 1.29 is 15.0 Å². The zero-order valence-electron chi connectivity index (χ0n) is 7.42. The number of hydrogen-bond acceptors (Lipinski definition) is 4. The minimum absolute atomic E-state index is 0.180. The first-order valence-electron chi connectivity index (χ1n) is 4.29. The number of anilines is 1. The lowest BCUT2D eigenvalue weighted by Crippen LogP contribution is -2.51. The summed E-state index contributed by atoms with van der Waals surface area (Å²) in [6.45, 7) is 0.981. The number of hydrogen-bond donors (Lipinski definition) is 2. The summed E-state index contributed by atoms with van der Waals surface area (Å²) in [6, 6.07) is 1.65. The summed E-state index contributed by atoms with van der Waals surface area (Å²) in [4.78, 5) is 16.4. The van der Waals surface area contributed by atoms with Gasteiger partial charge in [0.25, 0.3) is 0 Å². The molecule has 1 fully saturated rings. The van der Waals surface area contributed by atoms with Crippen LogP contribution in [0.4, 0.5) is 5.69 Å². The lowest BCUT2D eigenvalue weighted by Gasteiger charge is -2.38. The Morgan fingerprint density at radius 2 is 2.29 bits per heavy atom. The Labute approximate surface area is 80.6 Å². The molecule has 0 bridgehead atoms. The summed E-state index contributed by atoms with van der Waals surface area (Å²) in [5.74, 6) is -0.991. The van der Waals surface area contributed by atoms with E-state index in [4.69, 9.17) is 10.2 Å². The van der Waals surface area contributed by atoms with Crippen molar-refractivity contribution in [1.82, 2.24) is 4.98 Å². The molecule has 0 unspecified atom stereocenters. The molecule has 1 saturated heterocycles. The van der Waals surface area contributed by atoms with Crippen LogP contribution in [-0.2, 0) is 0 Å². The quantitative estimate of drug-likeness (QED) is 0.691. The molecule has 0 aromatic carbocycles. The normalized spacial score (nSPS) is 16.5. The van der Waals surface area contributed by atoms with Crippen molar-refractivity contribution in [3.05, 3.63) is 24.0 Å². The van der Waals surface area contributed by atoms with Crippen molar-refractivity contribution >= 4 is 11.7 Å². The van der Waals surface area contributed by atoms with Crippen LogP contribution in [0.2, 0.25) is 0 Å². The van der Waals surface area contributed by atoms with E-state index in [0.717, 1.165) is 0 Å². The number of carboxylic acid groups (broad SMARTS) is 1. The van der Waals surface area contributed by atoms with Crippen LogP contribution in [0.25, 0.3) is 0 Å². The maximum absolute atomic E-state index is 10.8. The highest BCUT2D eigenvalue weighted by molar-refractivity contribution is 5.94. The number of rotatable bonds is 2. The molecule has 0 saturated carbocycles. The van der Waals surface area contributed by atoms with Gasteiger partial charge in [0.15, 0.2) is 0 Å². The predicted octanol–water partition coefficient (Wildman–Crippen LogP) is -0.0393. The first-order chi connectivity index (χ1) is 6.68. The SMILES string of the molecule is O=C(O)c1cnccc1N1CC(O)C1. The minimum atomic E-state index is -0.991. The van der Waals surface area contributed by atoms with Gasteiger partial charge in [0.2, 0.25) is 0 Å². The van der Waals surface area contributed by atoms with Crippen LogP contribution in [0, 0.1) is 0 Å². The summed E-state index contributed by atoms with van der Waals surface area (Å²) >= 11 is 0. The van der Waals surface area contributed by atoms with Crippen molar-refractivity contribution in [3.63, 3.8) is 0 Å². The largest absolute Gasteiger partial charge is 0.478 e. The molecule has 2 heterocycles. The fourth-order valence-corrected chi connectivity index (χ4v) is 1.48. The molecule has 0 amide bonds. The van der Waals surface area contributed by atoms with Gasteiger partial charge < -0.3 is 15.1 Å². The molecule has 2 rings (SSSR count). The molecule has 2 N–H and O–H groups in total. The van der Waals surface area contributed by atoms with E-state index in [0.29, 0.717) is 18.8 Å². The molecule has 0 radical (unpaired) electrons. The summed E-state index contributed by atoms with van der Waals surface area (Å²) in [7, 11) is 0. The van der Waals surface area contributed by atoms with E-state index in [9.17, 15) is 4.79 Å². The third-order valence-electron chi connectivity index (χ3n) is 2.23. The van der Waals surface area contributed by atoms with Gasteiger partial charge in [-0.05, 0) is 6.07 Å². The highest BCUT2D eigenvalue weighted by Gasteiger charge is 2.27. The van der Waals surface area contributed by atoms with Crippen molar-refractivity contribution in [2.75, 3.05) is 18.0 Å². The molecule has 0 atom stereocenters. The second-order valence-corrected chi connectivity index (χ2v) is 3.26. The van der Waals surface area contributed by atoms with E-state index in [1.165, 1.54) is 6.20 Å². The number of carbonyl (C=O) groups is 1. The predicted molar refractivity (Wildman–Crippen MR) is 49.4 cm³/mol. The average molecular weight is 194 g/mol. The average Bonchev–Trinajstić information content (AvgIpc) is 2.13. The van der Waals surface area contributed by atoms with Gasteiger partial charge in [0, 0.05) is 25.5 Å². The maximum Gasteiger partial charge on any atom is 0.339 e. The van der Waals surface area contributed by atoms with Gasteiger partial charge in [0.05, 0.1) is 11.8 Å². The first-order valence-corrected chi connectivity index (χ1v) is 4.29. The van der Waals surface area contributed by atoms with E-state index in [2.05, 4.69) is 4.98 Å². The number of aromatic nitrogens is 1. The molecule has 1 aromatic heterocycles. The first kappa shape index (κ1) is 8.96. The van der Waals surface area contributed by atoms with Gasteiger partial charge in [-0.3, -0.25) is 4.98 Å². The highest BCUT2D eigenvalue weighted by Crippen LogP contribution is 2.24. The molecule has 0 aliphatic carbocycles. The zero-order valence-corrected chi connectivity index (χ0v) is 7.42. The van der Waals surface area contributed by atoms with Gasteiger partial charge in [0.1, 0.15) is 5.56 Å². The Morgan fingerprint density at radius 3 is 2.86 bits per heavy atom. The number of aliphatic hydroxyl groups excluding tert-OH is 1. The Bertz CT molecular complexity index is 361. The number of nitrogens with zero attached hydrogens (tertiary/aromatic N) is 2. The second-order valence-electron chi connectivity index (χ2n) is 3.26. The second kappa shape index (κ2) is 3.26. The summed E-state index contributed by atoms with van der Waals surface area (Å²) in [6.07, 6.45) is 2.53. The van der Waals surface area contributed by atoms with E-state index < -0.39 is 5.97 Å². The van der Waals surface area contributed by atoms with Crippen LogP contribution in [0.3, 0.4) is 0 Å². The Hall–Kier alpha value is -1.62. The third kappa shape index (κ3) is 1.42. The molecule has 1 aliphatic rings. The van der Waals surface area contributed by atoms with Crippen LogP contribution in [0.1, 0.15) is 10.4 Å².